The zero-order chi connectivity index (χ0) is 17.5. The van der Waals surface area contributed by atoms with Crippen LogP contribution in [0.2, 0.25) is 0 Å². The van der Waals surface area contributed by atoms with Crippen LogP contribution in [0.25, 0.3) is 0 Å². The van der Waals surface area contributed by atoms with Crippen LogP contribution in [0, 0.1) is 0 Å². The van der Waals surface area contributed by atoms with E-state index in [9.17, 15) is 8.42 Å². The molecule has 0 amide bonds. The Balaban J connectivity index is 2.60. The normalized spacial score (nSPS) is 13.0. The van der Waals surface area contributed by atoms with Gasteiger partial charge in [0.2, 0.25) is 10.0 Å². The standard InChI is InChI=1S/C15H26N4O2S2/c1-15(2,22-5)11-19-14(16-3)18-10-12-6-8-13(9-7-12)23(20,21)17-4/h6-9,17H,10-11H2,1-5H3,(H2,16,18,19). The lowest BCUT2D eigenvalue weighted by Crippen LogP contribution is -2.42. The molecule has 0 unspecified atom stereocenters. The SMILES string of the molecule is CN=C(NCc1ccc(S(=O)(=O)NC)cc1)NCC(C)(C)SC. The molecule has 0 fully saturated rings. The summed E-state index contributed by atoms with van der Waals surface area (Å²) in [6.07, 6.45) is 2.08. The fourth-order valence-corrected chi connectivity index (χ4v) is 2.63. The van der Waals surface area contributed by atoms with Gasteiger partial charge in [0.05, 0.1) is 4.90 Å². The molecular formula is C15H26N4O2S2. The predicted molar refractivity (Wildman–Crippen MR) is 98.5 cm³/mol. The summed E-state index contributed by atoms with van der Waals surface area (Å²) in [6.45, 7) is 5.70. The second kappa shape index (κ2) is 8.56. The Hall–Kier alpha value is -1.25. The number of thioether (sulfide) groups is 1. The van der Waals surface area contributed by atoms with Crippen LogP contribution < -0.4 is 15.4 Å². The maximum atomic E-state index is 11.7. The highest BCUT2D eigenvalue weighted by Crippen LogP contribution is 2.19. The molecule has 0 aliphatic rings. The largest absolute Gasteiger partial charge is 0.355 e. The van der Waals surface area contributed by atoms with E-state index in [1.807, 2.05) is 0 Å². The van der Waals surface area contributed by atoms with Crippen molar-refractivity contribution in [3.05, 3.63) is 29.8 Å². The fraction of sp³-hybridized carbons (Fsp3) is 0.533. The van der Waals surface area contributed by atoms with E-state index in [-0.39, 0.29) is 9.64 Å². The van der Waals surface area contributed by atoms with Crippen molar-refractivity contribution < 1.29 is 8.42 Å². The van der Waals surface area contributed by atoms with Crippen LogP contribution in [-0.4, -0.2) is 46.0 Å². The van der Waals surface area contributed by atoms with Gasteiger partial charge < -0.3 is 10.6 Å². The van der Waals surface area contributed by atoms with Gasteiger partial charge in [0.25, 0.3) is 0 Å². The minimum Gasteiger partial charge on any atom is -0.355 e. The summed E-state index contributed by atoms with van der Waals surface area (Å²) in [7, 11) is -0.262. The second-order valence-corrected chi connectivity index (χ2v) is 8.99. The quantitative estimate of drug-likeness (QED) is 0.507. The second-order valence-electron chi connectivity index (χ2n) is 5.59. The molecule has 130 valence electrons. The van der Waals surface area contributed by atoms with Crippen LogP contribution in [-0.2, 0) is 16.6 Å². The van der Waals surface area contributed by atoms with Crippen LogP contribution in [0.15, 0.2) is 34.2 Å². The first-order valence-corrected chi connectivity index (χ1v) is 9.97. The monoisotopic (exact) mass is 358 g/mol. The summed E-state index contributed by atoms with van der Waals surface area (Å²) in [5.74, 6) is 0.721. The number of hydrogen-bond acceptors (Lipinski definition) is 4. The molecule has 0 saturated carbocycles. The Morgan fingerprint density at radius 3 is 2.30 bits per heavy atom. The van der Waals surface area contributed by atoms with Crippen molar-refractivity contribution in [1.82, 2.24) is 15.4 Å². The highest BCUT2D eigenvalue weighted by atomic mass is 32.2. The van der Waals surface area contributed by atoms with Crippen molar-refractivity contribution in [3.63, 3.8) is 0 Å². The van der Waals surface area contributed by atoms with Gasteiger partial charge in [-0.05, 0) is 44.8 Å². The third-order valence-corrected chi connectivity index (χ3v) is 6.10. The first kappa shape index (κ1) is 19.8. The molecule has 0 saturated heterocycles. The van der Waals surface area contributed by atoms with Gasteiger partial charge >= 0.3 is 0 Å². The molecule has 6 nitrogen and oxygen atoms in total. The van der Waals surface area contributed by atoms with Crippen molar-refractivity contribution in [2.45, 2.75) is 30.0 Å². The zero-order valence-electron chi connectivity index (χ0n) is 14.3. The Morgan fingerprint density at radius 2 is 1.83 bits per heavy atom. The molecule has 3 N–H and O–H groups in total. The molecule has 23 heavy (non-hydrogen) atoms. The van der Waals surface area contributed by atoms with Crippen molar-refractivity contribution in [2.24, 2.45) is 4.99 Å². The van der Waals surface area contributed by atoms with Crippen LogP contribution in [0.4, 0.5) is 0 Å². The van der Waals surface area contributed by atoms with Crippen molar-refractivity contribution in [1.29, 1.82) is 0 Å². The molecular weight excluding hydrogens is 332 g/mol. The topological polar surface area (TPSA) is 82.6 Å². The molecule has 0 aliphatic carbocycles. The van der Waals surface area contributed by atoms with Crippen molar-refractivity contribution in [3.8, 4) is 0 Å². The van der Waals surface area contributed by atoms with Gasteiger partial charge in [-0.25, -0.2) is 13.1 Å². The van der Waals surface area contributed by atoms with E-state index >= 15 is 0 Å². The lowest BCUT2D eigenvalue weighted by molar-refractivity contribution is 0.588. The maximum Gasteiger partial charge on any atom is 0.240 e. The van der Waals surface area contributed by atoms with Crippen LogP contribution >= 0.6 is 11.8 Å². The summed E-state index contributed by atoms with van der Waals surface area (Å²) >= 11 is 1.79. The van der Waals surface area contributed by atoms with Gasteiger partial charge in [0.1, 0.15) is 0 Å². The summed E-state index contributed by atoms with van der Waals surface area (Å²) < 4.78 is 25.8. The maximum absolute atomic E-state index is 11.7. The first-order valence-electron chi connectivity index (χ1n) is 7.26. The van der Waals surface area contributed by atoms with E-state index in [1.165, 1.54) is 7.05 Å². The highest BCUT2D eigenvalue weighted by Gasteiger charge is 2.16. The van der Waals surface area contributed by atoms with Gasteiger partial charge in [0.15, 0.2) is 5.96 Å². The molecule has 1 rings (SSSR count). The third kappa shape index (κ3) is 6.40. The van der Waals surface area contributed by atoms with Gasteiger partial charge in [-0.3, -0.25) is 4.99 Å². The molecule has 0 atom stereocenters. The lowest BCUT2D eigenvalue weighted by atomic mass is 10.2. The smallest absolute Gasteiger partial charge is 0.240 e. The number of benzene rings is 1. The summed E-state index contributed by atoms with van der Waals surface area (Å²) in [4.78, 5) is 4.45. The van der Waals surface area contributed by atoms with E-state index in [2.05, 4.69) is 40.5 Å². The van der Waals surface area contributed by atoms with Gasteiger partial charge in [0, 0.05) is 24.9 Å². The number of aliphatic imine (C=N–C) groups is 1. The number of rotatable bonds is 7. The van der Waals surface area contributed by atoms with E-state index in [0.29, 0.717) is 6.54 Å². The predicted octanol–water partition coefficient (Wildman–Crippen LogP) is 1.40. The van der Waals surface area contributed by atoms with Crippen molar-refractivity contribution >= 4 is 27.7 Å². The van der Waals surface area contributed by atoms with E-state index in [4.69, 9.17) is 0 Å². The number of sulfonamides is 1. The summed E-state index contributed by atoms with van der Waals surface area (Å²) in [5, 5.41) is 6.51. The van der Waals surface area contributed by atoms with Crippen LogP contribution in [0.3, 0.4) is 0 Å². The molecule has 0 aromatic heterocycles. The minimum atomic E-state index is -3.39. The molecule has 0 aliphatic heterocycles. The van der Waals surface area contributed by atoms with E-state index < -0.39 is 10.0 Å². The average molecular weight is 359 g/mol. The Kier molecular flexibility index (Phi) is 7.37. The molecule has 0 heterocycles. The van der Waals surface area contributed by atoms with Gasteiger partial charge in [-0.15, -0.1) is 0 Å². The highest BCUT2D eigenvalue weighted by molar-refractivity contribution is 7.99. The molecule has 8 heteroatoms. The molecule has 0 radical (unpaired) electrons. The average Bonchev–Trinajstić information content (AvgIpc) is 2.55. The Bertz CT molecular complexity index is 625. The number of nitrogens with one attached hydrogen (secondary N) is 3. The van der Waals surface area contributed by atoms with E-state index in [0.717, 1.165) is 18.1 Å². The number of nitrogens with zero attached hydrogens (tertiary/aromatic N) is 1. The third-order valence-electron chi connectivity index (χ3n) is 3.42. The number of hydrogen-bond donors (Lipinski definition) is 3. The molecule has 1 aromatic rings. The first-order chi connectivity index (χ1) is 10.7. The Morgan fingerprint density at radius 1 is 1.22 bits per heavy atom. The van der Waals surface area contributed by atoms with E-state index in [1.54, 1.807) is 43.1 Å². The summed E-state index contributed by atoms with van der Waals surface area (Å²) in [5.41, 5.74) is 0.979. The molecule has 1 aromatic carbocycles. The zero-order valence-corrected chi connectivity index (χ0v) is 15.9. The number of guanidine groups is 1. The lowest BCUT2D eigenvalue weighted by Gasteiger charge is -2.23. The minimum absolute atomic E-state index is 0.126. The van der Waals surface area contributed by atoms with Gasteiger partial charge in [-0.2, -0.15) is 11.8 Å². The van der Waals surface area contributed by atoms with Gasteiger partial charge in [-0.1, -0.05) is 12.1 Å². The molecule has 0 bridgehead atoms. The van der Waals surface area contributed by atoms with Crippen LogP contribution in [0.1, 0.15) is 19.4 Å². The Labute approximate surface area is 143 Å². The van der Waals surface area contributed by atoms with Crippen molar-refractivity contribution in [2.75, 3.05) is 26.9 Å². The summed E-state index contributed by atoms with van der Waals surface area (Å²) in [6, 6.07) is 6.76. The molecule has 0 spiro atoms. The fourth-order valence-electron chi connectivity index (χ4n) is 1.68. The van der Waals surface area contributed by atoms with Crippen LogP contribution in [0.5, 0.6) is 0 Å².